The van der Waals surface area contributed by atoms with E-state index in [9.17, 15) is 0 Å². The Kier molecular flexibility index (Phi) is 3.59. The molecule has 0 saturated heterocycles. The summed E-state index contributed by atoms with van der Waals surface area (Å²) in [5.74, 6) is 2.27. The molecule has 3 rings (SSSR count). The van der Waals surface area contributed by atoms with Gasteiger partial charge in [0, 0.05) is 32.5 Å². The van der Waals surface area contributed by atoms with E-state index >= 15 is 0 Å². The van der Waals surface area contributed by atoms with Crippen molar-refractivity contribution < 1.29 is 0 Å². The second-order valence-corrected chi connectivity index (χ2v) is 4.57. The van der Waals surface area contributed by atoms with E-state index in [0.29, 0.717) is 13.1 Å². The zero-order valence-corrected chi connectivity index (χ0v) is 11.9. The Hall–Kier alpha value is -2.77. The summed E-state index contributed by atoms with van der Waals surface area (Å²) in [6.45, 7) is 3.29. The van der Waals surface area contributed by atoms with Crippen LogP contribution in [0.2, 0.25) is 0 Å². The number of fused-ring (bicyclic) bond motifs is 1. The van der Waals surface area contributed by atoms with Gasteiger partial charge in [-0.3, -0.25) is 9.67 Å². The van der Waals surface area contributed by atoms with Crippen molar-refractivity contribution in [2.45, 2.75) is 6.92 Å². The Morgan fingerprint density at radius 3 is 2.76 bits per heavy atom. The minimum atomic E-state index is 0.705. The molecule has 0 radical (unpaired) electrons. The third kappa shape index (κ3) is 2.88. The average Bonchev–Trinajstić information content (AvgIpc) is 2.86. The molecular formula is C13H16N8. The van der Waals surface area contributed by atoms with E-state index in [1.807, 2.05) is 14.0 Å². The van der Waals surface area contributed by atoms with Gasteiger partial charge >= 0.3 is 0 Å². The third-order valence-electron chi connectivity index (χ3n) is 2.99. The van der Waals surface area contributed by atoms with Crippen LogP contribution >= 0.6 is 0 Å². The fourth-order valence-electron chi connectivity index (χ4n) is 2.03. The largest absolute Gasteiger partial charge is 0.368 e. The van der Waals surface area contributed by atoms with Gasteiger partial charge in [0.05, 0.1) is 17.8 Å². The molecule has 108 valence electrons. The summed E-state index contributed by atoms with van der Waals surface area (Å²) in [4.78, 5) is 17.0. The summed E-state index contributed by atoms with van der Waals surface area (Å²) in [6.07, 6.45) is 6.76. The quantitative estimate of drug-likeness (QED) is 0.675. The summed E-state index contributed by atoms with van der Waals surface area (Å²) < 4.78 is 1.74. The molecule has 8 nitrogen and oxygen atoms in total. The second-order valence-electron chi connectivity index (χ2n) is 4.57. The van der Waals surface area contributed by atoms with Crippen molar-refractivity contribution >= 4 is 22.7 Å². The van der Waals surface area contributed by atoms with Crippen LogP contribution in [0.5, 0.6) is 0 Å². The van der Waals surface area contributed by atoms with Crippen LogP contribution in [0.15, 0.2) is 24.8 Å². The predicted octanol–water partition coefficient (Wildman–Crippen LogP) is 0.986. The number of hydrogen-bond donors (Lipinski definition) is 2. The molecular weight excluding hydrogens is 268 g/mol. The third-order valence-corrected chi connectivity index (χ3v) is 2.99. The van der Waals surface area contributed by atoms with Crippen LogP contribution in [0.3, 0.4) is 0 Å². The minimum Gasteiger partial charge on any atom is -0.368 e. The molecule has 0 unspecified atom stereocenters. The molecule has 0 aliphatic rings. The van der Waals surface area contributed by atoms with E-state index in [1.54, 1.807) is 29.5 Å². The van der Waals surface area contributed by atoms with Gasteiger partial charge in [-0.15, -0.1) is 0 Å². The van der Waals surface area contributed by atoms with Crippen LogP contribution in [0, 0.1) is 6.92 Å². The molecule has 0 aliphatic carbocycles. The maximum atomic E-state index is 4.43. The van der Waals surface area contributed by atoms with Crippen molar-refractivity contribution in [2.24, 2.45) is 7.05 Å². The Bertz CT molecular complexity index is 737. The van der Waals surface area contributed by atoms with Crippen molar-refractivity contribution in [3.05, 3.63) is 30.6 Å². The monoisotopic (exact) mass is 284 g/mol. The summed E-state index contributed by atoms with van der Waals surface area (Å²) in [5.41, 5.74) is 0.826. The highest BCUT2D eigenvalue weighted by atomic mass is 15.3. The first-order valence-corrected chi connectivity index (χ1v) is 6.64. The normalized spacial score (nSPS) is 10.8. The molecule has 0 spiro atoms. The second kappa shape index (κ2) is 5.70. The first-order chi connectivity index (χ1) is 10.2. The first-order valence-electron chi connectivity index (χ1n) is 6.64. The fraction of sp³-hybridized carbons (Fsp3) is 0.308. The molecule has 3 aromatic heterocycles. The molecule has 8 heteroatoms. The van der Waals surface area contributed by atoms with Crippen molar-refractivity contribution in [1.29, 1.82) is 0 Å². The molecule has 0 bridgehead atoms. The topological polar surface area (TPSA) is 93.4 Å². The lowest BCUT2D eigenvalue weighted by Crippen LogP contribution is -2.15. The highest BCUT2D eigenvalue weighted by Gasteiger charge is 2.09. The predicted molar refractivity (Wildman–Crippen MR) is 80.1 cm³/mol. The molecule has 2 N–H and O–H groups in total. The van der Waals surface area contributed by atoms with Crippen LogP contribution in [-0.2, 0) is 7.05 Å². The standard InChI is InChI=1S/C13H16N8/c1-9-19-12(10-7-18-21(2)13(10)20-9)17-6-5-16-11-8-14-3-4-15-11/h3-4,7-8H,5-6H2,1-2H3,(H,15,16)(H,17,19,20). The van der Waals surface area contributed by atoms with Crippen molar-refractivity contribution in [2.75, 3.05) is 23.7 Å². The van der Waals surface area contributed by atoms with Gasteiger partial charge in [0.15, 0.2) is 5.65 Å². The first kappa shape index (κ1) is 13.2. The van der Waals surface area contributed by atoms with Gasteiger partial charge < -0.3 is 10.6 Å². The molecule has 0 aromatic carbocycles. The van der Waals surface area contributed by atoms with E-state index < -0.39 is 0 Å². The molecule has 0 amide bonds. The number of rotatable bonds is 5. The van der Waals surface area contributed by atoms with Crippen molar-refractivity contribution in [1.82, 2.24) is 29.7 Å². The Labute approximate surface area is 121 Å². The summed E-state index contributed by atoms with van der Waals surface area (Å²) in [7, 11) is 1.87. The molecule has 0 aliphatic heterocycles. The van der Waals surface area contributed by atoms with Crippen LogP contribution in [-0.4, -0.2) is 42.8 Å². The van der Waals surface area contributed by atoms with Gasteiger partial charge in [0.25, 0.3) is 0 Å². The zero-order chi connectivity index (χ0) is 14.7. The number of anilines is 2. The maximum absolute atomic E-state index is 4.43. The highest BCUT2D eigenvalue weighted by molar-refractivity contribution is 5.86. The van der Waals surface area contributed by atoms with E-state index in [-0.39, 0.29) is 0 Å². The summed E-state index contributed by atoms with van der Waals surface area (Å²) in [6, 6.07) is 0. The number of nitrogens with zero attached hydrogens (tertiary/aromatic N) is 6. The number of nitrogens with one attached hydrogen (secondary N) is 2. The SMILES string of the molecule is Cc1nc(NCCNc2cnccn2)c2cnn(C)c2n1. The van der Waals surface area contributed by atoms with Gasteiger partial charge in [0.2, 0.25) is 0 Å². The van der Waals surface area contributed by atoms with Crippen molar-refractivity contribution in [3.8, 4) is 0 Å². The summed E-state index contributed by atoms with van der Waals surface area (Å²) in [5, 5.41) is 11.6. The highest BCUT2D eigenvalue weighted by Crippen LogP contribution is 2.18. The van der Waals surface area contributed by atoms with E-state index in [2.05, 4.69) is 35.7 Å². The number of hydrogen-bond acceptors (Lipinski definition) is 7. The fourth-order valence-corrected chi connectivity index (χ4v) is 2.03. The van der Waals surface area contributed by atoms with Crippen LogP contribution < -0.4 is 10.6 Å². The van der Waals surface area contributed by atoms with Crippen LogP contribution in [0.25, 0.3) is 11.0 Å². The lowest BCUT2D eigenvalue weighted by atomic mass is 10.3. The van der Waals surface area contributed by atoms with Crippen molar-refractivity contribution in [3.63, 3.8) is 0 Å². The molecule has 21 heavy (non-hydrogen) atoms. The summed E-state index contributed by atoms with van der Waals surface area (Å²) >= 11 is 0. The lowest BCUT2D eigenvalue weighted by molar-refractivity contribution is 0.783. The van der Waals surface area contributed by atoms with E-state index in [4.69, 9.17) is 0 Å². The van der Waals surface area contributed by atoms with E-state index in [1.165, 1.54) is 0 Å². The molecule has 0 saturated carbocycles. The lowest BCUT2D eigenvalue weighted by Gasteiger charge is -2.08. The smallest absolute Gasteiger partial charge is 0.163 e. The Morgan fingerprint density at radius 1 is 1.10 bits per heavy atom. The van der Waals surface area contributed by atoms with Gasteiger partial charge in [-0.1, -0.05) is 0 Å². The molecule has 0 atom stereocenters. The van der Waals surface area contributed by atoms with Gasteiger partial charge in [-0.05, 0) is 6.92 Å². The Balaban J connectivity index is 1.65. The Morgan fingerprint density at radius 2 is 1.95 bits per heavy atom. The zero-order valence-electron chi connectivity index (χ0n) is 11.9. The minimum absolute atomic E-state index is 0.705. The van der Waals surface area contributed by atoms with Gasteiger partial charge in [0.1, 0.15) is 17.5 Å². The van der Waals surface area contributed by atoms with E-state index in [0.717, 1.165) is 28.5 Å². The number of aryl methyl sites for hydroxylation is 2. The van der Waals surface area contributed by atoms with Crippen LogP contribution in [0.1, 0.15) is 5.82 Å². The molecule has 3 aromatic rings. The average molecular weight is 284 g/mol. The van der Waals surface area contributed by atoms with Crippen LogP contribution in [0.4, 0.5) is 11.6 Å². The van der Waals surface area contributed by atoms with Gasteiger partial charge in [-0.25, -0.2) is 15.0 Å². The maximum Gasteiger partial charge on any atom is 0.163 e. The van der Waals surface area contributed by atoms with Gasteiger partial charge in [-0.2, -0.15) is 5.10 Å². The number of aromatic nitrogens is 6. The molecule has 0 fully saturated rings. The molecule has 3 heterocycles.